The number of hydrogen-bond acceptors (Lipinski definition) is 4. The Hall–Kier alpha value is -1.40. The second-order valence-electron chi connectivity index (χ2n) is 8.90. The summed E-state index contributed by atoms with van der Waals surface area (Å²) in [5.41, 5.74) is 0.292. The lowest BCUT2D eigenvalue weighted by Gasteiger charge is -2.32. The lowest BCUT2D eigenvalue weighted by molar-refractivity contribution is -0.126. The maximum atomic E-state index is 13.1. The minimum absolute atomic E-state index is 0.0782. The van der Waals surface area contributed by atoms with E-state index >= 15 is 0 Å². The van der Waals surface area contributed by atoms with Crippen molar-refractivity contribution in [3.63, 3.8) is 0 Å². The van der Waals surface area contributed by atoms with E-state index in [1.807, 2.05) is 39.8 Å². The summed E-state index contributed by atoms with van der Waals surface area (Å²) in [5.74, 6) is 0.411. The van der Waals surface area contributed by atoms with Crippen LogP contribution in [-0.4, -0.2) is 40.3 Å². The summed E-state index contributed by atoms with van der Waals surface area (Å²) < 4.78 is 5.64. The first-order valence-electron chi connectivity index (χ1n) is 10.8. The van der Waals surface area contributed by atoms with Crippen LogP contribution in [0.1, 0.15) is 77.7 Å². The number of nitrogens with one attached hydrogen (secondary N) is 1. The topological polar surface area (TPSA) is 58.6 Å². The molecule has 7 heteroatoms. The number of ether oxygens (including phenoxy) is 1. The molecule has 3 atom stereocenters. The third kappa shape index (κ3) is 7.38. The van der Waals surface area contributed by atoms with Gasteiger partial charge in [-0.2, -0.15) is 0 Å². The number of hydrogen-bond donors (Lipinski definition) is 1. The number of nitrogens with zero attached hydrogens (tertiary/aromatic N) is 1. The van der Waals surface area contributed by atoms with Crippen LogP contribution in [0.4, 0.5) is 4.79 Å². The van der Waals surface area contributed by atoms with E-state index < -0.39 is 17.7 Å². The second kappa shape index (κ2) is 11.3. The molecule has 168 valence electrons. The minimum atomic E-state index is -0.636. The van der Waals surface area contributed by atoms with Crippen molar-refractivity contribution in [2.24, 2.45) is 0 Å². The number of benzene rings is 1. The van der Waals surface area contributed by atoms with Crippen LogP contribution in [-0.2, 0) is 9.53 Å². The van der Waals surface area contributed by atoms with Crippen LogP contribution in [0.5, 0.6) is 0 Å². The van der Waals surface area contributed by atoms with E-state index in [9.17, 15) is 9.59 Å². The molecular formula is C23H35ClN2O3S. The van der Waals surface area contributed by atoms with Crippen molar-refractivity contribution < 1.29 is 14.3 Å². The summed E-state index contributed by atoms with van der Waals surface area (Å²) in [6.07, 6.45) is 5.16. The van der Waals surface area contributed by atoms with E-state index in [-0.39, 0.29) is 17.3 Å². The van der Waals surface area contributed by atoms with Crippen LogP contribution in [0, 0.1) is 0 Å². The molecule has 1 aliphatic heterocycles. The molecule has 30 heavy (non-hydrogen) atoms. The normalized spacial score (nSPS) is 20.1. The summed E-state index contributed by atoms with van der Waals surface area (Å²) in [6.45, 7) is 9.71. The molecule has 0 aliphatic carbocycles. The highest BCUT2D eigenvalue weighted by molar-refractivity contribution is 7.99. The fourth-order valence-corrected chi connectivity index (χ4v) is 4.96. The fourth-order valence-electron chi connectivity index (χ4n) is 3.42. The molecule has 2 amide bonds. The monoisotopic (exact) mass is 454 g/mol. The van der Waals surface area contributed by atoms with E-state index in [1.165, 1.54) is 19.3 Å². The average Bonchev–Trinajstić information content (AvgIpc) is 3.10. The highest BCUT2D eigenvalue weighted by Gasteiger charge is 2.44. The maximum Gasteiger partial charge on any atom is 0.412 e. The number of carbonyl (C=O) groups is 2. The van der Waals surface area contributed by atoms with Gasteiger partial charge in [0.05, 0.1) is 0 Å². The molecule has 1 heterocycles. The molecule has 1 aromatic rings. The lowest BCUT2D eigenvalue weighted by atomic mass is 10.1. The zero-order valence-electron chi connectivity index (χ0n) is 18.7. The quantitative estimate of drug-likeness (QED) is 0.477. The summed E-state index contributed by atoms with van der Waals surface area (Å²) in [6, 6.07) is 6.91. The van der Waals surface area contributed by atoms with Crippen molar-refractivity contribution in [3.05, 3.63) is 34.9 Å². The molecule has 0 unspecified atom stereocenters. The summed E-state index contributed by atoms with van der Waals surface area (Å²) in [7, 11) is 0. The predicted molar refractivity (Wildman–Crippen MR) is 125 cm³/mol. The second-order valence-corrected chi connectivity index (χ2v) is 10.4. The molecule has 0 radical (unpaired) electrons. The lowest BCUT2D eigenvalue weighted by Crippen LogP contribution is -2.51. The highest BCUT2D eigenvalue weighted by Crippen LogP contribution is 2.42. The van der Waals surface area contributed by atoms with Crippen LogP contribution in [0.3, 0.4) is 0 Å². The average molecular weight is 455 g/mol. The van der Waals surface area contributed by atoms with Crippen molar-refractivity contribution in [1.82, 2.24) is 10.2 Å². The Labute approximate surface area is 190 Å². The minimum Gasteiger partial charge on any atom is -0.444 e. The Kier molecular flexibility index (Phi) is 9.35. The van der Waals surface area contributed by atoms with Crippen LogP contribution in [0.25, 0.3) is 0 Å². The molecule has 0 aromatic heterocycles. The maximum absolute atomic E-state index is 13.1. The molecule has 1 fully saturated rings. The first-order chi connectivity index (χ1) is 14.1. The van der Waals surface area contributed by atoms with Gasteiger partial charge >= 0.3 is 6.09 Å². The molecular weight excluding hydrogens is 420 g/mol. The SMILES string of the molecule is CCCCCC[C@H](C)NC(=O)[C@@H]1CS[C@H](c2ccc(Cl)cc2)N1C(=O)OC(C)(C)C. The van der Waals surface area contributed by atoms with Gasteiger partial charge in [-0.3, -0.25) is 9.69 Å². The van der Waals surface area contributed by atoms with Gasteiger partial charge in [0.1, 0.15) is 17.0 Å². The van der Waals surface area contributed by atoms with E-state index in [0.29, 0.717) is 10.8 Å². The van der Waals surface area contributed by atoms with Gasteiger partial charge in [-0.15, -0.1) is 11.8 Å². The van der Waals surface area contributed by atoms with Crippen molar-refractivity contribution in [2.75, 3.05) is 5.75 Å². The summed E-state index contributed by atoms with van der Waals surface area (Å²) in [4.78, 5) is 27.7. The van der Waals surface area contributed by atoms with Gasteiger partial charge in [-0.25, -0.2) is 4.79 Å². The molecule has 0 spiro atoms. The summed E-state index contributed by atoms with van der Waals surface area (Å²) in [5, 5.41) is 3.46. The fraction of sp³-hybridized carbons (Fsp3) is 0.652. The van der Waals surface area contributed by atoms with Crippen LogP contribution >= 0.6 is 23.4 Å². The van der Waals surface area contributed by atoms with Crippen LogP contribution in [0.15, 0.2) is 24.3 Å². The third-order valence-electron chi connectivity index (χ3n) is 4.94. The van der Waals surface area contributed by atoms with Gasteiger partial charge in [0.25, 0.3) is 0 Å². The van der Waals surface area contributed by atoms with E-state index in [1.54, 1.807) is 28.8 Å². The zero-order valence-corrected chi connectivity index (χ0v) is 20.3. The van der Waals surface area contributed by atoms with Crippen LogP contribution < -0.4 is 5.32 Å². The molecule has 2 rings (SSSR count). The third-order valence-corrected chi connectivity index (χ3v) is 6.52. The Balaban J connectivity index is 2.13. The van der Waals surface area contributed by atoms with Gasteiger partial charge in [-0.1, -0.05) is 56.3 Å². The number of unbranched alkanes of at least 4 members (excludes halogenated alkanes) is 3. The summed E-state index contributed by atoms with van der Waals surface area (Å²) >= 11 is 7.60. The van der Waals surface area contributed by atoms with Gasteiger partial charge in [0.15, 0.2) is 0 Å². The number of amides is 2. The first kappa shape index (κ1) is 24.9. The van der Waals surface area contributed by atoms with Crippen molar-refractivity contribution >= 4 is 35.4 Å². The largest absolute Gasteiger partial charge is 0.444 e. The number of halogens is 1. The molecule has 1 saturated heterocycles. The predicted octanol–water partition coefficient (Wildman–Crippen LogP) is 6.17. The molecule has 0 saturated carbocycles. The number of carbonyl (C=O) groups excluding carboxylic acids is 2. The zero-order chi connectivity index (χ0) is 22.3. The van der Waals surface area contributed by atoms with Crippen molar-refractivity contribution in [1.29, 1.82) is 0 Å². The van der Waals surface area contributed by atoms with E-state index in [4.69, 9.17) is 16.3 Å². The number of thioether (sulfide) groups is 1. The number of rotatable bonds is 8. The first-order valence-corrected chi connectivity index (χ1v) is 12.2. The Bertz CT molecular complexity index is 705. The smallest absolute Gasteiger partial charge is 0.412 e. The molecule has 1 aliphatic rings. The molecule has 5 nitrogen and oxygen atoms in total. The van der Waals surface area contributed by atoms with Gasteiger partial charge in [0, 0.05) is 16.8 Å². The van der Waals surface area contributed by atoms with Crippen LogP contribution in [0.2, 0.25) is 5.02 Å². The Morgan fingerprint density at radius 1 is 1.23 bits per heavy atom. The molecule has 1 aromatic carbocycles. The van der Waals surface area contributed by atoms with Crippen molar-refractivity contribution in [2.45, 2.75) is 89.8 Å². The van der Waals surface area contributed by atoms with Gasteiger partial charge in [0.2, 0.25) is 5.91 Å². The van der Waals surface area contributed by atoms with E-state index in [2.05, 4.69) is 12.2 Å². The Morgan fingerprint density at radius 2 is 1.90 bits per heavy atom. The highest BCUT2D eigenvalue weighted by atomic mass is 35.5. The van der Waals surface area contributed by atoms with Gasteiger partial charge in [-0.05, 0) is 51.8 Å². The van der Waals surface area contributed by atoms with E-state index in [0.717, 1.165) is 18.4 Å². The standard InChI is InChI=1S/C23H35ClN2O3S/c1-6-7-8-9-10-16(2)25-20(27)19-15-30-21(17-11-13-18(24)14-12-17)26(19)22(28)29-23(3,4)5/h11-14,16,19,21H,6-10,15H2,1-5H3,(H,25,27)/t16-,19-,21+/m0/s1. The Morgan fingerprint density at radius 3 is 2.50 bits per heavy atom. The molecule has 1 N–H and O–H groups in total. The van der Waals surface area contributed by atoms with Crippen molar-refractivity contribution in [3.8, 4) is 0 Å². The molecule has 0 bridgehead atoms. The van der Waals surface area contributed by atoms with Gasteiger partial charge < -0.3 is 10.1 Å².